The van der Waals surface area contributed by atoms with Crippen LogP contribution in [0.5, 0.6) is 0 Å². The second-order valence-electron chi connectivity index (χ2n) is 5.20. The maximum Gasteiger partial charge on any atom is 0.0790 e. The molecule has 2 rings (SSSR count). The van der Waals surface area contributed by atoms with E-state index in [0.29, 0.717) is 12.1 Å². The van der Waals surface area contributed by atoms with E-state index in [2.05, 4.69) is 12.4 Å². The molecule has 2 aliphatic carbocycles. The highest BCUT2D eigenvalue weighted by Gasteiger charge is 2.25. The highest BCUT2D eigenvalue weighted by Crippen LogP contribution is 2.27. The molecule has 2 fully saturated rings. The third-order valence-electron chi connectivity index (χ3n) is 4.12. The van der Waals surface area contributed by atoms with E-state index in [1.807, 2.05) is 0 Å². The summed E-state index contributed by atoms with van der Waals surface area (Å²) in [5.41, 5.74) is 3.36. The predicted molar refractivity (Wildman–Crippen MR) is 62.5 cm³/mol. The molecule has 0 bridgehead atoms. The Kier molecular flexibility index (Phi) is 4.45. The number of hydroxylamine groups is 1. The van der Waals surface area contributed by atoms with Crippen molar-refractivity contribution in [1.82, 2.24) is 5.48 Å². The van der Waals surface area contributed by atoms with Crippen molar-refractivity contribution in [3.8, 4) is 0 Å². The first-order valence-corrected chi connectivity index (χ1v) is 6.81. The maximum atomic E-state index is 5.82. The molecular formula is C13H25NO. The van der Waals surface area contributed by atoms with Crippen molar-refractivity contribution in [2.75, 3.05) is 0 Å². The van der Waals surface area contributed by atoms with Crippen LogP contribution in [0.3, 0.4) is 0 Å². The van der Waals surface area contributed by atoms with E-state index in [-0.39, 0.29) is 0 Å². The monoisotopic (exact) mass is 211 g/mol. The van der Waals surface area contributed by atoms with Gasteiger partial charge in [0, 0.05) is 6.04 Å². The van der Waals surface area contributed by atoms with Crippen LogP contribution in [-0.2, 0) is 4.84 Å². The lowest BCUT2D eigenvalue weighted by molar-refractivity contribution is -0.0576. The van der Waals surface area contributed by atoms with Gasteiger partial charge in [0.05, 0.1) is 6.10 Å². The zero-order valence-electron chi connectivity index (χ0n) is 10.0. The molecule has 2 atom stereocenters. The van der Waals surface area contributed by atoms with Gasteiger partial charge < -0.3 is 0 Å². The zero-order chi connectivity index (χ0) is 10.5. The number of hydrogen-bond acceptors (Lipinski definition) is 2. The summed E-state index contributed by atoms with van der Waals surface area (Å²) in [6.45, 7) is 2.31. The summed E-state index contributed by atoms with van der Waals surface area (Å²) < 4.78 is 0. The van der Waals surface area contributed by atoms with Crippen LogP contribution in [0.15, 0.2) is 0 Å². The lowest BCUT2D eigenvalue weighted by Crippen LogP contribution is -2.40. The molecule has 2 heteroatoms. The molecule has 15 heavy (non-hydrogen) atoms. The highest BCUT2D eigenvalue weighted by molar-refractivity contribution is 4.78. The normalized spacial score (nSPS) is 33.4. The lowest BCUT2D eigenvalue weighted by Gasteiger charge is -2.32. The third-order valence-corrected chi connectivity index (χ3v) is 4.12. The molecule has 0 spiro atoms. The van der Waals surface area contributed by atoms with Gasteiger partial charge in [-0.1, -0.05) is 39.0 Å². The fraction of sp³-hybridized carbons (Fsp3) is 1.00. The second-order valence-corrected chi connectivity index (χ2v) is 5.20. The molecule has 2 nitrogen and oxygen atoms in total. The average molecular weight is 211 g/mol. The van der Waals surface area contributed by atoms with Crippen LogP contribution >= 0.6 is 0 Å². The van der Waals surface area contributed by atoms with Crippen molar-refractivity contribution in [2.45, 2.75) is 76.9 Å². The van der Waals surface area contributed by atoms with Gasteiger partial charge in [0.2, 0.25) is 0 Å². The van der Waals surface area contributed by atoms with Gasteiger partial charge >= 0.3 is 0 Å². The quantitative estimate of drug-likeness (QED) is 0.719. The van der Waals surface area contributed by atoms with Gasteiger partial charge in [-0.05, 0) is 31.6 Å². The Morgan fingerprint density at radius 2 is 1.67 bits per heavy atom. The smallest absolute Gasteiger partial charge is 0.0790 e. The summed E-state index contributed by atoms with van der Waals surface area (Å²) in [6.07, 6.45) is 12.5. The van der Waals surface area contributed by atoms with Crippen LogP contribution in [0.4, 0.5) is 0 Å². The molecule has 0 radical (unpaired) electrons. The van der Waals surface area contributed by atoms with E-state index in [9.17, 15) is 0 Å². The Balaban J connectivity index is 1.71. The molecule has 0 saturated heterocycles. The molecule has 0 amide bonds. The SMILES string of the molecule is CCC1CCCCC1NOC1CCCC1. The summed E-state index contributed by atoms with van der Waals surface area (Å²) in [7, 11) is 0. The second kappa shape index (κ2) is 5.86. The Hall–Kier alpha value is -0.0800. The Morgan fingerprint density at radius 3 is 2.40 bits per heavy atom. The van der Waals surface area contributed by atoms with Gasteiger partial charge in [-0.15, -0.1) is 0 Å². The van der Waals surface area contributed by atoms with Crippen LogP contribution in [0, 0.1) is 5.92 Å². The van der Waals surface area contributed by atoms with Gasteiger partial charge in [-0.25, -0.2) is 0 Å². The molecule has 1 N–H and O–H groups in total. The summed E-state index contributed by atoms with van der Waals surface area (Å²) in [6, 6.07) is 0.629. The number of hydrogen-bond donors (Lipinski definition) is 1. The molecule has 2 aliphatic rings. The maximum absolute atomic E-state index is 5.82. The predicted octanol–water partition coefficient (Wildman–Crippen LogP) is 3.42. The van der Waals surface area contributed by atoms with Crippen LogP contribution in [0.2, 0.25) is 0 Å². The molecule has 0 aromatic heterocycles. The molecule has 0 aromatic carbocycles. The summed E-state index contributed by atoms with van der Waals surface area (Å²) in [4.78, 5) is 5.82. The first-order valence-electron chi connectivity index (χ1n) is 6.81. The summed E-state index contributed by atoms with van der Waals surface area (Å²) >= 11 is 0. The number of rotatable bonds is 4. The van der Waals surface area contributed by atoms with E-state index in [1.165, 1.54) is 57.8 Å². The van der Waals surface area contributed by atoms with Crippen molar-refractivity contribution in [3.63, 3.8) is 0 Å². The van der Waals surface area contributed by atoms with E-state index >= 15 is 0 Å². The molecular weight excluding hydrogens is 186 g/mol. The molecule has 2 saturated carbocycles. The van der Waals surface area contributed by atoms with E-state index in [1.54, 1.807) is 0 Å². The van der Waals surface area contributed by atoms with Crippen LogP contribution < -0.4 is 5.48 Å². The van der Waals surface area contributed by atoms with Gasteiger partial charge in [0.25, 0.3) is 0 Å². The molecule has 0 heterocycles. The van der Waals surface area contributed by atoms with E-state index in [0.717, 1.165) is 5.92 Å². The van der Waals surface area contributed by atoms with Crippen molar-refractivity contribution in [1.29, 1.82) is 0 Å². The Bertz CT molecular complexity index is 177. The largest absolute Gasteiger partial charge is 0.298 e. The average Bonchev–Trinajstić information content (AvgIpc) is 2.79. The molecule has 88 valence electrons. The third kappa shape index (κ3) is 3.18. The van der Waals surface area contributed by atoms with Gasteiger partial charge in [-0.2, -0.15) is 5.48 Å². The molecule has 0 aliphatic heterocycles. The van der Waals surface area contributed by atoms with Gasteiger partial charge in [0.1, 0.15) is 0 Å². The topological polar surface area (TPSA) is 21.3 Å². The van der Waals surface area contributed by atoms with Crippen molar-refractivity contribution in [3.05, 3.63) is 0 Å². The van der Waals surface area contributed by atoms with Crippen LogP contribution in [0.1, 0.15) is 64.7 Å². The lowest BCUT2D eigenvalue weighted by atomic mass is 9.83. The highest BCUT2D eigenvalue weighted by atomic mass is 16.7. The minimum atomic E-state index is 0.504. The van der Waals surface area contributed by atoms with Gasteiger partial charge in [-0.3, -0.25) is 4.84 Å². The first-order chi connectivity index (χ1) is 7.40. The fourth-order valence-electron chi connectivity index (χ4n) is 3.04. The minimum Gasteiger partial charge on any atom is -0.298 e. The fourth-order valence-corrected chi connectivity index (χ4v) is 3.04. The van der Waals surface area contributed by atoms with Crippen LogP contribution in [0.25, 0.3) is 0 Å². The first kappa shape index (κ1) is 11.4. The van der Waals surface area contributed by atoms with Gasteiger partial charge in [0.15, 0.2) is 0 Å². The van der Waals surface area contributed by atoms with E-state index < -0.39 is 0 Å². The van der Waals surface area contributed by atoms with Crippen molar-refractivity contribution in [2.24, 2.45) is 5.92 Å². The Morgan fingerprint density at radius 1 is 1.00 bits per heavy atom. The summed E-state index contributed by atoms with van der Waals surface area (Å²) in [5, 5.41) is 0. The van der Waals surface area contributed by atoms with Crippen LogP contribution in [-0.4, -0.2) is 12.1 Å². The molecule has 0 aromatic rings. The molecule has 2 unspecified atom stereocenters. The van der Waals surface area contributed by atoms with Crippen molar-refractivity contribution >= 4 is 0 Å². The zero-order valence-corrected chi connectivity index (χ0v) is 10.0. The van der Waals surface area contributed by atoms with E-state index in [4.69, 9.17) is 4.84 Å². The summed E-state index contributed by atoms with van der Waals surface area (Å²) in [5.74, 6) is 0.847. The van der Waals surface area contributed by atoms with Crippen molar-refractivity contribution < 1.29 is 4.84 Å². The Labute approximate surface area is 93.7 Å². The minimum absolute atomic E-state index is 0.504. The standard InChI is InChI=1S/C13H25NO/c1-2-11-7-3-6-10-13(11)14-15-12-8-4-5-9-12/h11-14H,2-10H2,1H3. The number of nitrogens with one attached hydrogen (secondary N) is 1.